The number of benzene rings is 2. The number of carbonyl (C=O) groups is 2. The van der Waals surface area contributed by atoms with E-state index in [0.29, 0.717) is 11.1 Å². The molecule has 0 aromatic heterocycles. The third-order valence-corrected chi connectivity index (χ3v) is 6.00. The molecule has 142 valence electrons. The summed E-state index contributed by atoms with van der Waals surface area (Å²) in [5.74, 6) is -1.64. The molecule has 1 aliphatic rings. The number of hydrogen-bond acceptors (Lipinski definition) is 4. The highest BCUT2D eigenvalue weighted by Gasteiger charge is 2.35. The van der Waals surface area contributed by atoms with Crippen LogP contribution in [0.15, 0.2) is 41.3 Å². The molecule has 27 heavy (non-hydrogen) atoms. The van der Waals surface area contributed by atoms with E-state index < -0.39 is 27.9 Å². The van der Waals surface area contributed by atoms with Gasteiger partial charge in [-0.25, -0.2) is 18.4 Å². The second-order valence-electron chi connectivity index (χ2n) is 6.72. The van der Waals surface area contributed by atoms with E-state index in [2.05, 4.69) is 0 Å². The van der Waals surface area contributed by atoms with E-state index >= 15 is 0 Å². The zero-order valence-corrected chi connectivity index (χ0v) is 15.8. The summed E-state index contributed by atoms with van der Waals surface area (Å²) in [6, 6.07) is 9.12. The van der Waals surface area contributed by atoms with Gasteiger partial charge in [-0.1, -0.05) is 24.3 Å². The molecule has 0 fully saturated rings. The third-order valence-electron chi connectivity index (χ3n) is 4.97. The van der Waals surface area contributed by atoms with Gasteiger partial charge in [-0.05, 0) is 48.2 Å². The largest absolute Gasteiger partial charge is 0.480 e. The summed E-state index contributed by atoms with van der Waals surface area (Å²) in [7, 11) is -4.01. The molecule has 1 atom stereocenters. The molecule has 1 heterocycles. The maximum absolute atomic E-state index is 13.1. The van der Waals surface area contributed by atoms with Crippen LogP contribution in [-0.4, -0.2) is 36.3 Å². The van der Waals surface area contributed by atoms with Gasteiger partial charge in [-0.2, -0.15) is 0 Å². The van der Waals surface area contributed by atoms with Crippen LogP contribution in [0.5, 0.6) is 0 Å². The van der Waals surface area contributed by atoms with Crippen LogP contribution >= 0.6 is 0 Å². The minimum Gasteiger partial charge on any atom is -0.480 e. The van der Waals surface area contributed by atoms with E-state index in [4.69, 9.17) is 5.14 Å². The molecule has 0 saturated carbocycles. The zero-order valence-electron chi connectivity index (χ0n) is 15.0. The summed E-state index contributed by atoms with van der Waals surface area (Å²) in [4.78, 5) is 26.0. The lowest BCUT2D eigenvalue weighted by Crippen LogP contribution is -2.48. The van der Waals surface area contributed by atoms with E-state index in [1.54, 1.807) is 19.9 Å². The molecule has 3 N–H and O–H groups in total. The minimum atomic E-state index is -4.01. The standard InChI is InChI=1S/C19H20N2O5S/c1-11-7-15(9-17(12(11)2)27(20,25)26)18(22)21-10-14-6-4-3-5-13(14)8-16(21)19(23)24/h3-7,9,16H,8,10H2,1-2H3,(H,23,24)(H2,20,25,26)/t16-/m1/s1. The number of carbonyl (C=O) groups excluding carboxylic acids is 1. The predicted octanol–water partition coefficient (Wildman–Crippen LogP) is 1.60. The highest BCUT2D eigenvalue weighted by Crippen LogP contribution is 2.27. The van der Waals surface area contributed by atoms with Crippen molar-refractivity contribution in [1.82, 2.24) is 4.90 Å². The molecule has 0 spiro atoms. The van der Waals surface area contributed by atoms with Gasteiger partial charge in [0, 0.05) is 18.5 Å². The van der Waals surface area contributed by atoms with Crippen LogP contribution in [0.2, 0.25) is 0 Å². The number of carboxylic acid groups (broad SMARTS) is 1. The lowest BCUT2D eigenvalue weighted by molar-refractivity contribution is -0.142. The molecule has 0 radical (unpaired) electrons. The Kier molecular flexibility index (Phi) is 4.79. The molecular weight excluding hydrogens is 368 g/mol. The second-order valence-corrected chi connectivity index (χ2v) is 8.25. The first-order valence-electron chi connectivity index (χ1n) is 8.34. The van der Waals surface area contributed by atoms with Crippen LogP contribution in [0, 0.1) is 13.8 Å². The maximum Gasteiger partial charge on any atom is 0.326 e. The molecule has 1 amide bonds. The fourth-order valence-corrected chi connectivity index (χ4v) is 4.25. The fourth-order valence-electron chi connectivity index (χ4n) is 3.37. The van der Waals surface area contributed by atoms with Crippen LogP contribution in [0.1, 0.15) is 32.6 Å². The van der Waals surface area contributed by atoms with Crippen molar-refractivity contribution < 1.29 is 23.1 Å². The van der Waals surface area contributed by atoms with E-state index in [0.717, 1.165) is 11.1 Å². The topological polar surface area (TPSA) is 118 Å². The van der Waals surface area contributed by atoms with Crippen LogP contribution in [0.25, 0.3) is 0 Å². The number of rotatable bonds is 3. The highest BCUT2D eigenvalue weighted by atomic mass is 32.2. The summed E-state index contributed by atoms with van der Waals surface area (Å²) >= 11 is 0. The highest BCUT2D eigenvalue weighted by molar-refractivity contribution is 7.89. The Labute approximate surface area is 157 Å². The first kappa shape index (κ1) is 19.1. The van der Waals surface area contributed by atoms with Gasteiger partial charge in [0.05, 0.1) is 4.90 Å². The van der Waals surface area contributed by atoms with Crippen LogP contribution in [0.3, 0.4) is 0 Å². The Morgan fingerprint density at radius 1 is 1.15 bits per heavy atom. The quantitative estimate of drug-likeness (QED) is 0.828. The molecule has 2 aromatic rings. The van der Waals surface area contributed by atoms with Crippen LogP contribution in [0.4, 0.5) is 0 Å². The number of amides is 1. The van der Waals surface area contributed by atoms with Gasteiger partial charge in [0.25, 0.3) is 5.91 Å². The predicted molar refractivity (Wildman–Crippen MR) is 98.7 cm³/mol. The van der Waals surface area contributed by atoms with Gasteiger partial charge < -0.3 is 10.0 Å². The lowest BCUT2D eigenvalue weighted by Gasteiger charge is -2.34. The van der Waals surface area contributed by atoms with E-state index in [9.17, 15) is 23.1 Å². The zero-order chi connectivity index (χ0) is 19.9. The monoisotopic (exact) mass is 388 g/mol. The Hall–Kier alpha value is -2.71. The van der Waals surface area contributed by atoms with Crippen LogP contribution < -0.4 is 5.14 Å². The normalized spacial score (nSPS) is 16.7. The minimum absolute atomic E-state index is 0.104. The molecule has 0 bridgehead atoms. The number of primary sulfonamides is 1. The summed E-state index contributed by atoms with van der Waals surface area (Å²) in [6.45, 7) is 3.44. The molecule has 2 aromatic carbocycles. The summed E-state index contributed by atoms with van der Waals surface area (Å²) in [5, 5.41) is 14.9. The van der Waals surface area contributed by atoms with Crippen molar-refractivity contribution in [3.8, 4) is 0 Å². The Morgan fingerprint density at radius 3 is 2.37 bits per heavy atom. The summed E-state index contributed by atoms with van der Waals surface area (Å²) < 4.78 is 23.7. The summed E-state index contributed by atoms with van der Waals surface area (Å²) in [5.41, 5.74) is 2.92. The molecule has 1 aliphatic heterocycles. The Morgan fingerprint density at radius 2 is 1.78 bits per heavy atom. The third kappa shape index (κ3) is 3.58. The van der Waals surface area contributed by atoms with Gasteiger partial charge >= 0.3 is 5.97 Å². The molecule has 0 aliphatic carbocycles. The van der Waals surface area contributed by atoms with Gasteiger partial charge in [0.2, 0.25) is 10.0 Å². The average molecular weight is 388 g/mol. The number of nitrogens with zero attached hydrogens (tertiary/aromatic N) is 1. The smallest absolute Gasteiger partial charge is 0.326 e. The van der Waals surface area contributed by atoms with Crippen molar-refractivity contribution in [1.29, 1.82) is 0 Å². The lowest BCUT2D eigenvalue weighted by atomic mass is 9.93. The molecule has 0 saturated heterocycles. The van der Waals surface area contributed by atoms with Crippen molar-refractivity contribution in [2.24, 2.45) is 5.14 Å². The first-order chi connectivity index (χ1) is 12.6. The number of hydrogen-bond donors (Lipinski definition) is 2. The van der Waals surface area contributed by atoms with Gasteiger partial charge in [-0.15, -0.1) is 0 Å². The van der Waals surface area contributed by atoms with Crippen molar-refractivity contribution in [3.05, 3.63) is 64.2 Å². The number of aliphatic carboxylic acids is 1. The summed E-state index contributed by atoms with van der Waals surface area (Å²) in [6.07, 6.45) is 0.199. The van der Waals surface area contributed by atoms with Crippen LogP contribution in [-0.2, 0) is 27.8 Å². The second kappa shape index (κ2) is 6.79. The van der Waals surface area contributed by atoms with Gasteiger partial charge in [0.15, 0.2) is 0 Å². The average Bonchev–Trinajstić information content (AvgIpc) is 2.61. The van der Waals surface area contributed by atoms with Crippen molar-refractivity contribution in [2.75, 3.05) is 0 Å². The first-order valence-corrected chi connectivity index (χ1v) is 9.89. The Bertz CT molecular complexity index is 1050. The number of aryl methyl sites for hydroxylation is 1. The maximum atomic E-state index is 13.1. The number of nitrogens with two attached hydrogens (primary N) is 1. The van der Waals surface area contributed by atoms with Gasteiger partial charge in [-0.3, -0.25) is 4.79 Å². The van der Waals surface area contributed by atoms with E-state index in [1.807, 2.05) is 24.3 Å². The van der Waals surface area contributed by atoms with Crippen molar-refractivity contribution >= 4 is 21.9 Å². The van der Waals surface area contributed by atoms with Gasteiger partial charge in [0.1, 0.15) is 6.04 Å². The SMILES string of the molecule is Cc1cc(C(=O)N2Cc3ccccc3C[C@@H]2C(=O)O)cc(S(N)(=O)=O)c1C. The molecule has 3 rings (SSSR count). The molecule has 0 unspecified atom stereocenters. The number of sulfonamides is 1. The fraction of sp³-hybridized carbons (Fsp3) is 0.263. The Balaban J connectivity index is 2.07. The molecular formula is C19H20N2O5S. The molecule has 8 heteroatoms. The molecule has 7 nitrogen and oxygen atoms in total. The number of carboxylic acids is 1. The van der Waals surface area contributed by atoms with Crippen molar-refractivity contribution in [2.45, 2.75) is 37.8 Å². The van der Waals surface area contributed by atoms with E-state index in [-0.39, 0.29) is 23.4 Å². The van der Waals surface area contributed by atoms with E-state index in [1.165, 1.54) is 11.0 Å². The van der Waals surface area contributed by atoms with Crippen molar-refractivity contribution in [3.63, 3.8) is 0 Å². The number of fused-ring (bicyclic) bond motifs is 1.